The van der Waals surface area contributed by atoms with Crippen LogP contribution in [0.2, 0.25) is 0 Å². The second-order valence-electron chi connectivity index (χ2n) is 10.1. The van der Waals surface area contributed by atoms with Gasteiger partial charge in [-0.3, -0.25) is 9.59 Å². The normalized spacial score (nSPS) is 18.8. The fourth-order valence-electron chi connectivity index (χ4n) is 4.01. The highest BCUT2D eigenvalue weighted by Crippen LogP contribution is 2.23. The van der Waals surface area contributed by atoms with E-state index in [4.69, 9.17) is 9.84 Å². The highest BCUT2D eigenvalue weighted by atomic mass is 16.5. The first kappa shape index (κ1) is 32.2. The fraction of sp³-hybridized carbons (Fsp3) is 0.655. The number of rotatable bonds is 16. The summed E-state index contributed by atoms with van der Waals surface area (Å²) < 4.78 is 5.57. The molecule has 194 valence electrons. The lowest BCUT2D eigenvalue weighted by atomic mass is 9.83. The lowest BCUT2D eigenvalue weighted by Gasteiger charge is -2.23. The van der Waals surface area contributed by atoms with Crippen molar-refractivity contribution in [1.82, 2.24) is 0 Å². The minimum atomic E-state index is -0.945. The summed E-state index contributed by atoms with van der Waals surface area (Å²) in [4.78, 5) is 24.5. The Bertz CT molecular complexity index is 744. The van der Waals surface area contributed by atoms with Gasteiger partial charge in [0.2, 0.25) is 0 Å². The summed E-state index contributed by atoms with van der Waals surface area (Å²) in [5, 5.41) is 19.6. The summed E-state index contributed by atoms with van der Waals surface area (Å²) in [6.45, 7) is 15.0. The lowest BCUT2D eigenvalue weighted by Crippen LogP contribution is -2.31. The van der Waals surface area contributed by atoms with Crippen molar-refractivity contribution >= 4 is 11.6 Å². The van der Waals surface area contributed by atoms with Gasteiger partial charge >= 0.3 is 0 Å². The number of ether oxygens (including phenoxy) is 1. The van der Waals surface area contributed by atoms with Crippen LogP contribution in [-0.2, 0) is 14.3 Å². The Morgan fingerprint density at radius 3 is 2.06 bits per heavy atom. The molecule has 0 spiro atoms. The molecule has 0 aliphatic carbocycles. The molecule has 0 fully saturated rings. The minimum absolute atomic E-state index is 0.00602. The van der Waals surface area contributed by atoms with Crippen LogP contribution in [0.5, 0.6) is 0 Å². The molecule has 6 unspecified atom stereocenters. The predicted molar refractivity (Wildman–Crippen MR) is 140 cm³/mol. The van der Waals surface area contributed by atoms with Crippen molar-refractivity contribution in [2.24, 2.45) is 29.6 Å². The van der Waals surface area contributed by atoms with Crippen molar-refractivity contribution in [3.63, 3.8) is 0 Å². The van der Waals surface area contributed by atoms with Crippen LogP contribution in [0, 0.1) is 29.6 Å². The summed E-state index contributed by atoms with van der Waals surface area (Å²) in [5.41, 5.74) is 1.77. The van der Waals surface area contributed by atoms with E-state index >= 15 is 0 Å². The first-order valence-corrected chi connectivity index (χ1v) is 12.4. The summed E-state index contributed by atoms with van der Waals surface area (Å²) in [5.74, 6) is -0.772. The van der Waals surface area contributed by atoms with Crippen molar-refractivity contribution in [1.29, 1.82) is 0 Å². The van der Waals surface area contributed by atoms with Gasteiger partial charge in [0.05, 0.1) is 12.2 Å². The van der Waals surface area contributed by atoms with E-state index in [2.05, 4.69) is 39.8 Å². The topological polar surface area (TPSA) is 83.8 Å². The van der Waals surface area contributed by atoms with Gasteiger partial charge in [0, 0.05) is 24.9 Å². The smallest absolute Gasteiger partial charge is 0.164 e. The molecule has 0 heterocycles. The predicted octanol–water partition coefficient (Wildman–Crippen LogP) is 5.48. The van der Waals surface area contributed by atoms with Gasteiger partial charge in [0.1, 0.15) is 12.4 Å². The Morgan fingerprint density at radius 1 is 0.912 bits per heavy atom. The van der Waals surface area contributed by atoms with Gasteiger partial charge in [0.25, 0.3) is 0 Å². The number of hydrogen-bond acceptors (Lipinski definition) is 5. The van der Waals surface area contributed by atoms with Crippen molar-refractivity contribution < 1.29 is 24.5 Å². The lowest BCUT2D eigenvalue weighted by molar-refractivity contribution is -0.128. The maximum absolute atomic E-state index is 12.9. The zero-order valence-electron chi connectivity index (χ0n) is 22.7. The van der Waals surface area contributed by atoms with Gasteiger partial charge in [-0.25, -0.2) is 0 Å². The Morgan fingerprint density at radius 2 is 1.53 bits per heavy atom. The molecular formula is C29H48O5. The van der Waals surface area contributed by atoms with Crippen molar-refractivity contribution in [2.75, 3.05) is 13.7 Å². The zero-order chi connectivity index (χ0) is 26.4. The molecule has 0 aromatic heterocycles. The molecule has 0 saturated carbocycles. The highest BCUT2D eigenvalue weighted by Gasteiger charge is 2.28. The van der Waals surface area contributed by atoms with Gasteiger partial charge in [-0.15, -0.1) is 0 Å². The molecule has 0 amide bonds. The zero-order valence-corrected chi connectivity index (χ0v) is 22.7. The van der Waals surface area contributed by atoms with E-state index < -0.39 is 24.5 Å². The van der Waals surface area contributed by atoms with E-state index in [-0.39, 0.29) is 29.5 Å². The van der Waals surface area contributed by atoms with Crippen LogP contribution in [0.25, 0.3) is 0 Å². The number of ketones is 2. The Labute approximate surface area is 207 Å². The van der Waals surface area contributed by atoms with Gasteiger partial charge in [-0.05, 0) is 49.7 Å². The molecule has 0 radical (unpaired) electrons. The second-order valence-corrected chi connectivity index (χ2v) is 10.1. The van der Waals surface area contributed by atoms with Crippen LogP contribution in [-0.4, -0.2) is 47.7 Å². The molecule has 0 bridgehead atoms. The average Bonchev–Trinajstić information content (AvgIpc) is 2.79. The molecule has 5 heteroatoms. The van der Waals surface area contributed by atoms with Crippen LogP contribution in [0.3, 0.4) is 0 Å². The van der Waals surface area contributed by atoms with E-state index in [1.54, 1.807) is 34.0 Å². The maximum atomic E-state index is 12.9. The number of hydrogen-bond donors (Lipinski definition) is 2. The van der Waals surface area contributed by atoms with Crippen molar-refractivity contribution in [3.05, 3.63) is 47.6 Å². The molecule has 0 aliphatic rings. The molecule has 0 aliphatic heterocycles. The standard InChI is InChI=1S/C29H48O5/c1-19(2)15-27(34-9)21(4)14-12-10-11-13-20(3)16-23(6)28(32)25(8)29(33)24(7)17-22(5)26(31)18-30/h10-14,17,19-20,22-23,25,27,29-30,33H,15-16,18H2,1-9H3/b12-10+,13-11+,21-14+,24-17+. The summed E-state index contributed by atoms with van der Waals surface area (Å²) in [6, 6.07) is 0. The molecule has 0 aromatic rings. The Kier molecular flexibility index (Phi) is 15.9. The molecule has 0 aromatic carbocycles. The van der Waals surface area contributed by atoms with Gasteiger partial charge < -0.3 is 14.9 Å². The second kappa shape index (κ2) is 16.7. The first-order chi connectivity index (χ1) is 15.8. The number of methoxy groups -OCH3 is 1. The van der Waals surface area contributed by atoms with E-state index in [0.29, 0.717) is 17.9 Å². The highest BCUT2D eigenvalue weighted by molar-refractivity contribution is 5.84. The van der Waals surface area contributed by atoms with Crippen molar-refractivity contribution in [3.8, 4) is 0 Å². The minimum Gasteiger partial charge on any atom is -0.389 e. The molecule has 5 nitrogen and oxygen atoms in total. The van der Waals surface area contributed by atoms with E-state index in [1.807, 2.05) is 25.2 Å². The maximum Gasteiger partial charge on any atom is 0.164 e. The van der Waals surface area contributed by atoms with Crippen LogP contribution in [0.15, 0.2) is 47.6 Å². The van der Waals surface area contributed by atoms with Crippen LogP contribution < -0.4 is 0 Å². The number of aliphatic hydroxyl groups excluding tert-OH is 2. The van der Waals surface area contributed by atoms with Crippen molar-refractivity contribution in [2.45, 2.75) is 80.4 Å². The third-order valence-corrected chi connectivity index (χ3v) is 6.28. The molecule has 0 rings (SSSR count). The molecular weight excluding hydrogens is 428 g/mol. The van der Waals surface area contributed by atoms with Crippen LogP contribution in [0.1, 0.15) is 68.2 Å². The van der Waals surface area contributed by atoms with Gasteiger partial charge in [0.15, 0.2) is 5.78 Å². The number of allylic oxidation sites excluding steroid dienone is 6. The van der Waals surface area contributed by atoms with Gasteiger partial charge in [-0.1, -0.05) is 78.0 Å². The molecule has 0 saturated heterocycles. The quantitative estimate of drug-likeness (QED) is 0.228. The molecule has 34 heavy (non-hydrogen) atoms. The third-order valence-electron chi connectivity index (χ3n) is 6.28. The van der Waals surface area contributed by atoms with E-state index in [0.717, 1.165) is 6.42 Å². The van der Waals surface area contributed by atoms with E-state index in [1.165, 1.54) is 5.57 Å². The van der Waals surface area contributed by atoms with Crippen LogP contribution in [0.4, 0.5) is 0 Å². The summed E-state index contributed by atoms with van der Waals surface area (Å²) >= 11 is 0. The SMILES string of the molecule is COC(CC(C)C)/C(C)=C/C=C/C=C/C(C)CC(C)C(=O)C(C)C(O)/C(C)=C/C(C)C(=O)CO. The number of aliphatic hydroxyl groups is 2. The number of Topliss-reactive ketones (excluding diaryl/α,β-unsaturated/α-hetero) is 2. The Balaban J connectivity index is 4.87. The largest absolute Gasteiger partial charge is 0.389 e. The molecule has 6 atom stereocenters. The molecule has 2 N–H and O–H groups in total. The van der Waals surface area contributed by atoms with E-state index in [9.17, 15) is 14.7 Å². The number of carbonyl (C=O) groups excluding carboxylic acids is 2. The first-order valence-electron chi connectivity index (χ1n) is 12.4. The Hall–Kier alpha value is -1.82. The summed E-state index contributed by atoms with van der Waals surface area (Å²) in [7, 11) is 1.74. The third kappa shape index (κ3) is 12.0. The summed E-state index contributed by atoms with van der Waals surface area (Å²) in [6.07, 6.45) is 12.7. The number of carbonyl (C=O) groups is 2. The fourth-order valence-corrected chi connectivity index (χ4v) is 4.01. The average molecular weight is 477 g/mol. The van der Waals surface area contributed by atoms with Crippen LogP contribution >= 0.6 is 0 Å². The van der Waals surface area contributed by atoms with Gasteiger partial charge in [-0.2, -0.15) is 0 Å². The monoisotopic (exact) mass is 476 g/mol.